The first kappa shape index (κ1) is 22.4. The first-order valence-electron chi connectivity index (χ1n) is 11.1. The second-order valence-corrected chi connectivity index (χ2v) is 10.8. The first-order chi connectivity index (χ1) is 16.4. The topological polar surface area (TPSA) is 102 Å². The fourth-order valence-corrected chi connectivity index (χ4v) is 6.22. The maximum Gasteiger partial charge on any atom is 0.249 e. The Morgan fingerprint density at radius 1 is 1.12 bits per heavy atom. The molecule has 1 aromatic heterocycles. The predicted octanol–water partition coefficient (Wildman–Crippen LogP) is 2.19. The number of aromatic nitrogens is 4. The minimum atomic E-state index is -0.545. The summed E-state index contributed by atoms with van der Waals surface area (Å²) in [7, 11) is 1.63. The van der Waals surface area contributed by atoms with Gasteiger partial charge in [0.2, 0.25) is 11.8 Å². The number of tetrazole rings is 1. The molecule has 0 saturated carbocycles. The monoisotopic (exact) mass is 478 g/mol. The Labute approximate surface area is 201 Å². The molecule has 2 fully saturated rings. The van der Waals surface area contributed by atoms with Gasteiger partial charge in [0.25, 0.3) is 0 Å². The third-order valence-electron chi connectivity index (χ3n) is 6.26. The number of carbonyl (C=O) groups is 2. The van der Waals surface area contributed by atoms with Gasteiger partial charge in [0, 0.05) is 4.75 Å². The zero-order valence-corrected chi connectivity index (χ0v) is 20.0. The van der Waals surface area contributed by atoms with Crippen molar-refractivity contribution in [1.82, 2.24) is 30.4 Å². The van der Waals surface area contributed by atoms with Gasteiger partial charge in [-0.15, -0.1) is 16.9 Å². The molecule has 2 aromatic carbocycles. The highest BCUT2D eigenvalue weighted by atomic mass is 32.2. The number of β-lactam (4-membered cyclic amide) rings is 1. The fourth-order valence-electron chi connectivity index (χ4n) is 4.59. The molecule has 3 aromatic rings. The molecule has 2 aliphatic heterocycles. The molecule has 0 aliphatic carbocycles. The summed E-state index contributed by atoms with van der Waals surface area (Å²) >= 11 is 1.67. The van der Waals surface area contributed by atoms with Crippen LogP contribution in [0.1, 0.15) is 36.8 Å². The van der Waals surface area contributed by atoms with E-state index in [4.69, 9.17) is 4.74 Å². The number of thioether (sulfide) groups is 1. The van der Waals surface area contributed by atoms with Crippen molar-refractivity contribution < 1.29 is 14.3 Å². The number of hydrogen-bond donors (Lipinski definition) is 1. The van der Waals surface area contributed by atoms with Crippen LogP contribution in [-0.2, 0) is 22.6 Å². The molecule has 0 radical (unpaired) electrons. The van der Waals surface area contributed by atoms with Gasteiger partial charge in [-0.2, -0.15) is 0 Å². The summed E-state index contributed by atoms with van der Waals surface area (Å²) in [6.07, 6.45) is 0.245. The van der Waals surface area contributed by atoms with Crippen LogP contribution in [0.5, 0.6) is 5.75 Å². The van der Waals surface area contributed by atoms with Crippen molar-refractivity contribution in [2.45, 2.75) is 49.0 Å². The van der Waals surface area contributed by atoms with Gasteiger partial charge in [-0.05, 0) is 47.5 Å². The van der Waals surface area contributed by atoms with E-state index < -0.39 is 6.04 Å². The average Bonchev–Trinajstić information content (AvgIpc) is 3.37. The Hall–Kier alpha value is -3.40. The number of carbonyl (C=O) groups excluding carboxylic acids is 2. The van der Waals surface area contributed by atoms with E-state index in [1.165, 1.54) is 0 Å². The first-order valence-corrected chi connectivity index (χ1v) is 12.0. The number of hydrogen-bond acceptors (Lipinski definition) is 7. The molecule has 3 atom stereocenters. The number of methoxy groups -OCH3 is 1. The lowest BCUT2D eigenvalue weighted by atomic mass is 9.95. The molecule has 1 N–H and O–H groups in total. The van der Waals surface area contributed by atoms with Gasteiger partial charge in [-0.25, -0.2) is 4.68 Å². The molecule has 2 aliphatic rings. The largest absolute Gasteiger partial charge is 0.497 e. The van der Waals surface area contributed by atoms with Gasteiger partial charge in [-0.1, -0.05) is 42.5 Å². The number of amides is 2. The molecule has 0 bridgehead atoms. The molecular weight excluding hydrogens is 452 g/mol. The summed E-state index contributed by atoms with van der Waals surface area (Å²) in [6, 6.07) is 16.4. The van der Waals surface area contributed by atoms with Crippen LogP contribution in [0, 0.1) is 0 Å². The lowest BCUT2D eigenvalue weighted by Gasteiger charge is -2.44. The second kappa shape index (κ2) is 8.75. The molecule has 2 saturated heterocycles. The summed E-state index contributed by atoms with van der Waals surface area (Å²) in [4.78, 5) is 27.6. The van der Waals surface area contributed by atoms with E-state index in [1.54, 1.807) is 23.6 Å². The van der Waals surface area contributed by atoms with Crippen LogP contribution >= 0.6 is 11.8 Å². The third-order valence-corrected chi connectivity index (χ3v) is 7.83. The molecule has 2 amide bonds. The van der Waals surface area contributed by atoms with Crippen molar-refractivity contribution >= 4 is 23.6 Å². The zero-order chi connectivity index (χ0) is 23.9. The predicted molar refractivity (Wildman–Crippen MR) is 127 cm³/mol. The van der Waals surface area contributed by atoms with E-state index in [1.807, 2.05) is 59.5 Å². The smallest absolute Gasteiger partial charge is 0.249 e. The van der Waals surface area contributed by atoms with Crippen molar-refractivity contribution in [3.8, 4) is 5.75 Å². The summed E-state index contributed by atoms with van der Waals surface area (Å²) in [5, 5.41) is 15.2. The number of benzene rings is 2. The maximum atomic E-state index is 13.2. The average molecular weight is 479 g/mol. The number of nitrogens with zero attached hydrogens (tertiary/aromatic N) is 5. The molecule has 3 unspecified atom stereocenters. The molecule has 0 spiro atoms. The molecule has 5 rings (SSSR count). The Morgan fingerprint density at radius 2 is 1.85 bits per heavy atom. The van der Waals surface area contributed by atoms with E-state index in [0.717, 1.165) is 16.9 Å². The normalized spacial score (nSPS) is 22.7. The number of fused-ring (bicyclic) bond motifs is 1. The van der Waals surface area contributed by atoms with E-state index in [0.29, 0.717) is 12.4 Å². The standard InChI is InChI=1S/C24H26N6O3S/c1-24(2)20(21-26-27-28-29(21)14-16-9-11-17(33-3)12-10-16)30-22(32)19(23(30)34-24)25-18(31)13-15-7-5-4-6-8-15/h4-12,19-20,23H,13-14H2,1-3H3,(H,25,31). The van der Waals surface area contributed by atoms with E-state index in [-0.39, 0.29) is 34.4 Å². The van der Waals surface area contributed by atoms with E-state index in [9.17, 15) is 9.59 Å². The summed E-state index contributed by atoms with van der Waals surface area (Å²) in [6.45, 7) is 4.65. The van der Waals surface area contributed by atoms with Gasteiger partial charge in [0.05, 0.1) is 20.1 Å². The summed E-state index contributed by atoms with van der Waals surface area (Å²) in [5.74, 6) is 1.16. The highest BCUT2D eigenvalue weighted by Crippen LogP contribution is 2.56. The van der Waals surface area contributed by atoms with Gasteiger partial charge in [-0.3, -0.25) is 9.59 Å². The van der Waals surface area contributed by atoms with Crippen LogP contribution in [-0.4, -0.2) is 60.2 Å². The second-order valence-electron chi connectivity index (χ2n) is 9.01. The van der Waals surface area contributed by atoms with Crippen molar-refractivity contribution in [2.24, 2.45) is 0 Å². The lowest BCUT2D eigenvalue weighted by molar-refractivity contribution is -0.151. The Kier molecular flexibility index (Phi) is 5.76. The SMILES string of the molecule is COc1ccc(Cn2nnnc2C2N3C(=O)C(NC(=O)Cc4ccccc4)C3SC2(C)C)cc1. The van der Waals surface area contributed by atoms with Gasteiger partial charge in [0.1, 0.15) is 23.2 Å². The molecule has 9 nitrogen and oxygen atoms in total. The van der Waals surface area contributed by atoms with Crippen molar-refractivity contribution in [3.05, 3.63) is 71.5 Å². The molecular formula is C24H26N6O3S. The van der Waals surface area contributed by atoms with Gasteiger partial charge < -0.3 is 15.0 Å². The van der Waals surface area contributed by atoms with Crippen molar-refractivity contribution in [2.75, 3.05) is 7.11 Å². The summed E-state index contributed by atoms with van der Waals surface area (Å²) in [5.41, 5.74) is 1.94. The van der Waals surface area contributed by atoms with Crippen LogP contribution < -0.4 is 10.1 Å². The highest BCUT2D eigenvalue weighted by Gasteiger charge is 2.63. The summed E-state index contributed by atoms with van der Waals surface area (Å²) < 4.78 is 6.64. The zero-order valence-electron chi connectivity index (χ0n) is 19.2. The third kappa shape index (κ3) is 4.02. The molecule has 10 heteroatoms. The van der Waals surface area contributed by atoms with Gasteiger partial charge >= 0.3 is 0 Å². The lowest BCUT2D eigenvalue weighted by Crippen LogP contribution is -2.68. The maximum absolute atomic E-state index is 13.2. The van der Waals surface area contributed by atoms with E-state index in [2.05, 4.69) is 34.7 Å². The minimum absolute atomic E-state index is 0.103. The van der Waals surface area contributed by atoms with Crippen LogP contribution in [0.15, 0.2) is 54.6 Å². The molecule has 176 valence electrons. The van der Waals surface area contributed by atoms with Crippen LogP contribution in [0.4, 0.5) is 0 Å². The van der Waals surface area contributed by atoms with Gasteiger partial charge in [0.15, 0.2) is 5.82 Å². The van der Waals surface area contributed by atoms with Crippen molar-refractivity contribution in [1.29, 1.82) is 0 Å². The fraction of sp³-hybridized carbons (Fsp3) is 0.375. The van der Waals surface area contributed by atoms with E-state index >= 15 is 0 Å². The Balaban J connectivity index is 1.31. The van der Waals surface area contributed by atoms with Crippen molar-refractivity contribution in [3.63, 3.8) is 0 Å². The molecule has 3 heterocycles. The number of rotatable bonds is 7. The highest BCUT2D eigenvalue weighted by molar-refractivity contribution is 8.01. The quantitative estimate of drug-likeness (QED) is 0.520. The van der Waals surface area contributed by atoms with Crippen LogP contribution in [0.3, 0.4) is 0 Å². The van der Waals surface area contributed by atoms with Crippen LogP contribution in [0.25, 0.3) is 0 Å². The Bertz CT molecular complexity index is 1200. The number of nitrogens with one attached hydrogen (secondary N) is 1. The molecule has 34 heavy (non-hydrogen) atoms. The van der Waals surface area contributed by atoms with Crippen LogP contribution in [0.2, 0.25) is 0 Å². The Morgan fingerprint density at radius 3 is 2.56 bits per heavy atom. The minimum Gasteiger partial charge on any atom is -0.497 e. The number of ether oxygens (including phenoxy) is 1.